The summed E-state index contributed by atoms with van der Waals surface area (Å²) in [5.74, 6) is -0.0321. The molecule has 138 valence electrons. The molecule has 0 heterocycles. The average Bonchev–Trinajstić information content (AvgIpc) is 2.61. The van der Waals surface area contributed by atoms with Gasteiger partial charge in [0.15, 0.2) is 6.61 Å². The lowest BCUT2D eigenvalue weighted by Gasteiger charge is -2.09. The molecule has 2 aromatic rings. The van der Waals surface area contributed by atoms with Gasteiger partial charge in [-0.1, -0.05) is 47.0 Å². The molecule has 0 unspecified atom stereocenters. The van der Waals surface area contributed by atoms with Crippen LogP contribution in [0.5, 0.6) is 5.75 Å². The Bertz CT molecular complexity index is 764. The van der Waals surface area contributed by atoms with E-state index in [2.05, 4.69) is 10.6 Å². The van der Waals surface area contributed by atoms with Crippen molar-refractivity contribution < 1.29 is 14.3 Å². The summed E-state index contributed by atoms with van der Waals surface area (Å²) in [5.41, 5.74) is 2.00. The van der Waals surface area contributed by atoms with E-state index in [1.165, 1.54) is 0 Å². The van der Waals surface area contributed by atoms with Crippen molar-refractivity contribution in [2.75, 3.05) is 19.7 Å². The molecular weight excluding hydrogens is 375 g/mol. The van der Waals surface area contributed by atoms with Crippen molar-refractivity contribution in [3.8, 4) is 5.75 Å². The van der Waals surface area contributed by atoms with Crippen molar-refractivity contribution in [3.05, 3.63) is 63.6 Å². The van der Waals surface area contributed by atoms with Gasteiger partial charge in [-0.2, -0.15) is 0 Å². The number of hydrogen-bond donors (Lipinski definition) is 2. The third-order valence-electron chi connectivity index (χ3n) is 3.57. The van der Waals surface area contributed by atoms with Gasteiger partial charge in [0, 0.05) is 16.6 Å². The van der Waals surface area contributed by atoms with Gasteiger partial charge in [-0.15, -0.1) is 0 Å². The van der Waals surface area contributed by atoms with Crippen molar-refractivity contribution >= 4 is 35.0 Å². The molecule has 0 atom stereocenters. The Morgan fingerprint density at radius 1 is 1.00 bits per heavy atom. The summed E-state index contributed by atoms with van der Waals surface area (Å²) in [4.78, 5) is 23.5. The second-order valence-electron chi connectivity index (χ2n) is 5.71. The third-order valence-corrected chi connectivity index (χ3v) is 4.16. The smallest absolute Gasteiger partial charge is 0.258 e. The Kier molecular flexibility index (Phi) is 7.75. The number of amides is 2. The van der Waals surface area contributed by atoms with Crippen molar-refractivity contribution in [3.63, 3.8) is 0 Å². The number of carbonyl (C=O) groups excluding carboxylic acids is 2. The normalized spacial score (nSPS) is 10.3. The number of nitrogens with one attached hydrogen (secondary N) is 2. The van der Waals surface area contributed by atoms with Crippen LogP contribution in [0.3, 0.4) is 0 Å². The molecule has 5 nitrogen and oxygen atoms in total. The van der Waals surface area contributed by atoms with E-state index in [0.29, 0.717) is 28.8 Å². The van der Waals surface area contributed by atoms with E-state index < -0.39 is 0 Å². The zero-order valence-corrected chi connectivity index (χ0v) is 15.9. The van der Waals surface area contributed by atoms with Gasteiger partial charge < -0.3 is 15.4 Å². The Hall–Kier alpha value is -2.24. The van der Waals surface area contributed by atoms with Crippen molar-refractivity contribution in [2.45, 2.75) is 13.3 Å². The lowest BCUT2D eigenvalue weighted by molar-refractivity contribution is -0.127. The standard InChI is InChI=1S/C19H20Cl2N2O3/c1-13-2-6-16(7-3-13)26-12-19(25)23-11-18(24)22-9-8-14-4-5-15(20)10-17(14)21/h2-7,10H,8-9,11-12H2,1H3,(H,22,24)(H,23,25). The molecule has 0 radical (unpaired) electrons. The molecule has 0 fully saturated rings. The first kappa shape index (κ1) is 20.1. The van der Waals surface area contributed by atoms with Gasteiger partial charge in [0.1, 0.15) is 5.75 Å². The monoisotopic (exact) mass is 394 g/mol. The van der Waals surface area contributed by atoms with Crippen LogP contribution in [-0.4, -0.2) is 31.5 Å². The van der Waals surface area contributed by atoms with Crippen LogP contribution in [0.4, 0.5) is 0 Å². The minimum atomic E-state index is -0.360. The van der Waals surface area contributed by atoms with Crippen molar-refractivity contribution in [2.24, 2.45) is 0 Å². The van der Waals surface area contributed by atoms with Gasteiger partial charge in [0.2, 0.25) is 5.91 Å². The molecule has 0 aliphatic rings. The summed E-state index contributed by atoms with van der Waals surface area (Å²) in [5, 5.41) is 6.37. The van der Waals surface area contributed by atoms with Crippen LogP contribution >= 0.6 is 23.2 Å². The SMILES string of the molecule is Cc1ccc(OCC(=O)NCC(=O)NCCc2ccc(Cl)cc2Cl)cc1. The molecule has 0 aliphatic heterocycles. The molecule has 2 amide bonds. The second kappa shape index (κ2) is 10.0. The maximum absolute atomic E-state index is 11.8. The summed E-state index contributed by atoms with van der Waals surface area (Å²) >= 11 is 11.9. The predicted octanol–water partition coefficient (Wildman–Crippen LogP) is 3.16. The fourth-order valence-corrected chi connectivity index (χ4v) is 2.64. The topological polar surface area (TPSA) is 67.4 Å². The highest BCUT2D eigenvalue weighted by atomic mass is 35.5. The van der Waals surface area contributed by atoms with Crippen LogP contribution in [-0.2, 0) is 16.0 Å². The fourth-order valence-electron chi connectivity index (χ4n) is 2.14. The molecule has 0 saturated carbocycles. The van der Waals surface area contributed by atoms with Crippen LogP contribution in [0.1, 0.15) is 11.1 Å². The minimum absolute atomic E-state index is 0.107. The molecule has 0 bridgehead atoms. The molecule has 7 heteroatoms. The molecule has 2 rings (SSSR count). The summed E-state index contributed by atoms with van der Waals surface area (Å²) in [6.07, 6.45) is 0.576. The molecule has 2 aromatic carbocycles. The lowest BCUT2D eigenvalue weighted by atomic mass is 10.1. The molecular formula is C19H20Cl2N2O3. The van der Waals surface area contributed by atoms with E-state index in [1.807, 2.05) is 25.1 Å². The van der Waals surface area contributed by atoms with Crippen LogP contribution in [0, 0.1) is 6.92 Å². The van der Waals surface area contributed by atoms with Gasteiger partial charge >= 0.3 is 0 Å². The zero-order chi connectivity index (χ0) is 18.9. The van der Waals surface area contributed by atoms with E-state index >= 15 is 0 Å². The van der Waals surface area contributed by atoms with Crippen molar-refractivity contribution in [1.29, 1.82) is 0 Å². The minimum Gasteiger partial charge on any atom is -0.484 e. The van der Waals surface area contributed by atoms with Gasteiger partial charge in [0.05, 0.1) is 6.54 Å². The average molecular weight is 395 g/mol. The van der Waals surface area contributed by atoms with Crippen LogP contribution in [0.15, 0.2) is 42.5 Å². The molecule has 0 saturated heterocycles. The highest BCUT2D eigenvalue weighted by molar-refractivity contribution is 6.35. The molecule has 0 spiro atoms. The van der Waals surface area contributed by atoms with E-state index in [0.717, 1.165) is 11.1 Å². The van der Waals surface area contributed by atoms with E-state index in [1.54, 1.807) is 24.3 Å². The van der Waals surface area contributed by atoms with E-state index in [9.17, 15) is 9.59 Å². The van der Waals surface area contributed by atoms with Gasteiger partial charge in [-0.3, -0.25) is 9.59 Å². The Labute approximate surface area is 162 Å². The van der Waals surface area contributed by atoms with Crippen molar-refractivity contribution in [1.82, 2.24) is 10.6 Å². The first-order valence-electron chi connectivity index (χ1n) is 8.11. The number of aryl methyl sites for hydroxylation is 1. The highest BCUT2D eigenvalue weighted by Gasteiger charge is 2.07. The van der Waals surface area contributed by atoms with Crippen LogP contribution in [0.25, 0.3) is 0 Å². The number of hydrogen-bond acceptors (Lipinski definition) is 3. The zero-order valence-electron chi connectivity index (χ0n) is 14.4. The fraction of sp³-hybridized carbons (Fsp3) is 0.263. The summed E-state index contributed by atoms with van der Waals surface area (Å²) < 4.78 is 5.35. The first-order chi connectivity index (χ1) is 12.4. The number of rotatable bonds is 8. The Morgan fingerprint density at radius 3 is 2.42 bits per heavy atom. The Morgan fingerprint density at radius 2 is 1.73 bits per heavy atom. The highest BCUT2D eigenvalue weighted by Crippen LogP contribution is 2.21. The summed E-state index contributed by atoms with van der Waals surface area (Å²) in [7, 11) is 0. The maximum atomic E-state index is 11.8. The summed E-state index contributed by atoms with van der Waals surface area (Å²) in [6.45, 7) is 2.13. The Balaban J connectivity index is 1.63. The number of halogens is 2. The molecule has 2 N–H and O–H groups in total. The second-order valence-corrected chi connectivity index (χ2v) is 6.56. The molecule has 26 heavy (non-hydrogen) atoms. The third kappa shape index (κ3) is 6.94. The largest absolute Gasteiger partial charge is 0.484 e. The van der Waals surface area contributed by atoms with Gasteiger partial charge in [-0.05, 0) is 43.2 Å². The number of ether oxygens (including phenoxy) is 1. The van der Waals surface area contributed by atoms with Gasteiger partial charge in [0.25, 0.3) is 5.91 Å². The quantitative estimate of drug-likeness (QED) is 0.722. The van der Waals surface area contributed by atoms with Gasteiger partial charge in [-0.25, -0.2) is 0 Å². The number of benzene rings is 2. The van der Waals surface area contributed by atoms with E-state index in [4.69, 9.17) is 27.9 Å². The summed E-state index contributed by atoms with van der Waals surface area (Å²) in [6, 6.07) is 12.6. The van der Waals surface area contributed by atoms with E-state index in [-0.39, 0.29) is 25.0 Å². The lowest BCUT2D eigenvalue weighted by Crippen LogP contribution is -2.39. The first-order valence-corrected chi connectivity index (χ1v) is 8.86. The van der Waals surface area contributed by atoms with Crippen LogP contribution in [0.2, 0.25) is 10.0 Å². The molecule has 0 aromatic heterocycles. The number of carbonyl (C=O) groups is 2. The van der Waals surface area contributed by atoms with Crippen LogP contribution < -0.4 is 15.4 Å². The molecule has 0 aliphatic carbocycles. The maximum Gasteiger partial charge on any atom is 0.258 e. The predicted molar refractivity (Wildman–Crippen MR) is 103 cm³/mol.